The van der Waals surface area contributed by atoms with E-state index in [-0.39, 0.29) is 17.4 Å². The van der Waals surface area contributed by atoms with Gasteiger partial charge >= 0.3 is 0 Å². The molecule has 16 heavy (non-hydrogen) atoms. The summed E-state index contributed by atoms with van der Waals surface area (Å²) in [5.74, 6) is -0.233. The first kappa shape index (κ1) is 12.6. The summed E-state index contributed by atoms with van der Waals surface area (Å²) in [5.41, 5.74) is 6.11. The molecule has 0 radical (unpaired) electrons. The average Bonchev–Trinajstić information content (AvgIpc) is 2.28. The molecule has 0 aliphatic rings. The largest absolute Gasteiger partial charge is 0.349 e. The van der Waals surface area contributed by atoms with Crippen LogP contribution in [0.1, 0.15) is 32.3 Å². The molecule has 0 spiro atoms. The quantitative estimate of drug-likeness (QED) is 0.798. The molecule has 0 fully saturated rings. The predicted molar refractivity (Wildman–Crippen MR) is 63.9 cm³/mol. The number of rotatable bonds is 4. The zero-order chi connectivity index (χ0) is 12.2. The Labute approximate surface area is 96.3 Å². The maximum absolute atomic E-state index is 11.9. The summed E-state index contributed by atoms with van der Waals surface area (Å²) >= 11 is 0. The number of amides is 1. The second kappa shape index (κ2) is 5.07. The van der Waals surface area contributed by atoms with Gasteiger partial charge in [-0.2, -0.15) is 0 Å². The number of hydrogen-bond acceptors (Lipinski definition) is 3. The lowest BCUT2D eigenvalue weighted by molar-refractivity contribution is -0.123. The van der Waals surface area contributed by atoms with E-state index in [2.05, 4.69) is 10.3 Å². The number of pyridine rings is 1. The molecule has 4 heteroatoms. The van der Waals surface area contributed by atoms with E-state index in [1.54, 1.807) is 12.4 Å². The minimum atomic E-state index is -0.368. The van der Waals surface area contributed by atoms with E-state index in [1.807, 2.05) is 32.9 Å². The van der Waals surface area contributed by atoms with Crippen molar-refractivity contribution in [1.82, 2.24) is 10.3 Å². The molecule has 1 atom stereocenters. The minimum absolute atomic E-state index is 0.0246. The Morgan fingerprint density at radius 2 is 2.31 bits per heavy atom. The highest BCUT2D eigenvalue weighted by Crippen LogP contribution is 2.14. The van der Waals surface area contributed by atoms with Crippen molar-refractivity contribution in [2.24, 2.45) is 5.73 Å². The van der Waals surface area contributed by atoms with Crippen LogP contribution in [0.5, 0.6) is 0 Å². The first-order valence-corrected chi connectivity index (χ1v) is 5.38. The lowest BCUT2D eigenvalue weighted by Gasteiger charge is -2.26. The van der Waals surface area contributed by atoms with Gasteiger partial charge in [-0.05, 0) is 32.4 Å². The van der Waals surface area contributed by atoms with Gasteiger partial charge in [0.05, 0.1) is 5.92 Å². The molecule has 1 aromatic rings. The summed E-state index contributed by atoms with van der Waals surface area (Å²) in [6.45, 7) is 6.08. The molecular weight excluding hydrogens is 202 g/mol. The number of nitrogens with zero attached hydrogens (tertiary/aromatic N) is 1. The van der Waals surface area contributed by atoms with Gasteiger partial charge in [0.2, 0.25) is 5.91 Å². The van der Waals surface area contributed by atoms with Crippen molar-refractivity contribution in [3.63, 3.8) is 0 Å². The minimum Gasteiger partial charge on any atom is -0.349 e. The van der Waals surface area contributed by atoms with E-state index < -0.39 is 0 Å². The molecule has 0 aromatic carbocycles. The van der Waals surface area contributed by atoms with E-state index in [1.165, 1.54) is 0 Å². The topological polar surface area (TPSA) is 68.0 Å². The molecule has 1 unspecified atom stereocenters. The highest BCUT2D eigenvalue weighted by Gasteiger charge is 2.22. The van der Waals surface area contributed by atoms with Gasteiger partial charge in [0, 0.05) is 24.5 Å². The SMILES string of the molecule is CC(C(=O)NC(C)(C)CN)c1cccnc1. The summed E-state index contributed by atoms with van der Waals surface area (Å²) in [6, 6.07) is 3.72. The molecule has 0 aliphatic heterocycles. The third-order valence-electron chi connectivity index (χ3n) is 2.55. The van der Waals surface area contributed by atoms with Crippen molar-refractivity contribution >= 4 is 5.91 Å². The fourth-order valence-corrected chi connectivity index (χ4v) is 1.28. The Hall–Kier alpha value is -1.42. The number of nitrogens with one attached hydrogen (secondary N) is 1. The predicted octanol–water partition coefficient (Wildman–Crippen LogP) is 1.04. The molecular formula is C12H19N3O. The van der Waals surface area contributed by atoms with Crippen molar-refractivity contribution in [3.8, 4) is 0 Å². The van der Waals surface area contributed by atoms with Crippen LogP contribution >= 0.6 is 0 Å². The monoisotopic (exact) mass is 221 g/mol. The Morgan fingerprint density at radius 1 is 1.62 bits per heavy atom. The van der Waals surface area contributed by atoms with Gasteiger partial charge < -0.3 is 11.1 Å². The standard InChI is InChI=1S/C12H19N3O/c1-9(10-5-4-6-14-7-10)11(16)15-12(2,3)8-13/h4-7,9H,8,13H2,1-3H3,(H,15,16). The van der Waals surface area contributed by atoms with Crippen LogP contribution in [0.4, 0.5) is 0 Å². The molecule has 88 valence electrons. The summed E-state index contributed by atoms with van der Waals surface area (Å²) in [7, 11) is 0. The molecule has 0 bridgehead atoms. The molecule has 1 heterocycles. The van der Waals surface area contributed by atoms with Gasteiger partial charge in [0.25, 0.3) is 0 Å². The molecule has 1 aromatic heterocycles. The maximum Gasteiger partial charge on any atom is 0.227 e. The molecule has 1 amide bonds. The zero-order valence-electron chi connectivity index (χ0n) is 10.0. The Balaban J connectivity index is 2.69. The van der Waals surface area contributed by atoms with Gasteiger partial charge in [-0.3, -0.25) is 9.78 Å². The fourth-order valence-electron chi connectivity index (χ4n) is 1.28. The number of carbonyl (C=O) groups excluding carboxylic acids is 1. The molecule has 0 aliphatic carbocycles. The molecule has 0 saturated carbocycles. The summed E-state index contributed by atoms with van der Waals surface area (Å²) in [4.78, 5) is 15.9. The van der Waals surface area contributed by atoms with Crippen LogP contribution in [-0.4, -0.2) is 23.0 Å². The normalized spacial score (nSPS) is 13.2. The highest BCUT2D eigenvalue weighted by atomic mass is 16.2. The van der Waals surface area contributed by atoms with E-state index in [9.17, 15) is 4.79 Å². The average molecular weight is 221 g/mol. The van der Waals surface area contributed by atoms with Gasteiger partial charge in [0.15, 0.2) is 0 Å². The van der Waals surface area contributed by atoms with Crippen molar-refractivity contribution in [1.29, 1.82) is 0 Å². The third-order valence-corrected chi connectivity index (χ3v) is 2.55. The second-order valence-corrected chi connectivity index (χ2v) is 4.59. The molecule has 4 nitrogen and oxygen atoms in total. The smallest absolute Gasteiger partial charge is 0.227 e. The lowest BCUT2D eigenvalue weighted by atomic mass is 9.99. The Morgan fingerprint density at radius 3 is 2.81 bits per heavy atom. The Bertz CT molecular complexity index is 349. The Kier molecular flexibility index (Phi) is 4.01. The van der Waals surface area contributed by atoms with E-state index >= 15 is 0 Å². The van der Waals surface area contributed by atoms with Crippen LogP contribution < -0.4 is 11.1 Å². The van der Waals surface area contributed by atoms with Crippen molar-refractivity contribution in [2.45, 2.75) is 32.2 Å². The van der Waals surface area contributed by atoms with Crippen LogP contribution in [0.2, 0.25) is 0 Å². The molecule has 3 N–H and O–H groups in total. The number of hydrogen-bond donors (Lipinski definition) is 2. The number of carbonyl (C=O) groups is 1. The van der Waals surface area contributed by atoms with Crippen LogP contribution in [0, 0.1) is 0 Å². The lowest BCUT2D eigenvalue weighted by Crippen LogP contribution is -2.50. The van der Waals surface area contributed by atoms with Crippen LogP contribution in [0.25, 0.3) is 0 Å². The third kappa shape index (κ3) is 3.31. The molecule has 1 rings (SSSR count). The van der Waals surface area contributed by atoms with Gasteiger partial charge in [0.1, 0.15) is 0 Å². The summed E-state index contributed by atoms with van der Waals surface area (Å²) < 4.78 is 0. The van der Waals surface area contributed by atoms with E-state index in [0.29, 0.717) is 6.54 Å². The number of aromatic nitrogens is 1. The van der Waals surface area contributed by atoms with E-state index in [0.717, 1.165) is 5.56 Å². The van der Waals surface area contributed by atoms with Crippen molar-refractivity contribution in [2.75, 3.05) is 6.54 Å². The maximum atomic E-state index is 11.9. The zero-order valence-corrected chi connectivity index (χ0v) is 10.0. The van der Waals surface area contributed by atoms with Crippen molar-refractivity contribution < 1.29 is 4.79 Å². The molecule has 0 saturated heterocycles. The van der Waals surface area contributed by atoms with Gasteiger partial charge in [-0.25, -0.2) is 0 Å². The van der Waals surface area contributed by atoms with Crippen molar-refractivity contribution in [3.05, 3.63) is 30.1 Å². The van der Waals surface area contributed by atoms with Crippen LogP contribution in [-0.2, 0) is 4.79 Å². The van der Waals surface area contributed by atoms with Crippen LogP contribution in [0.3, 0.4) is 0 Å². The summed E-state index contributed by atoms with van der Waals surface area (Å²) in [6.07, 6.45) is 3.40. The first-order valence-electron chi connectivity index (χ1n) is 5.38. The summed E-state index contributed by atoms with van der Waals surface area (Å²) in [5, 5.41) is 2.91. The highest BCUT2D eigenvalue weighted by molar-refractivity contribution is 5.83. The van der Waals surface area contributed by atoms with Gasteiger partial charge in [-0.15, -0.1) is 0 Å². The van der Waals surface area contributed by atoms with E-state index in [4.69, 9.17) is 5.73 Å². The first-order chi connectivity index (χ1) is 7.46. The fraction of sp³-hybridized carbons (Fsp3) is 0.500. The number of nitrogens with two attached hydrogens (primary N) is 1. The van der Waals surface area contributed by atoms with Crippen LogP contribution in [0.15, 0.2) is 24.5 Å². The van der Waals surface area contributed by atoms with Gasteiger partial charge in [-0.1, -0.05) is 6.07 Å². The second-order valence-electron chi connectivity index (χ2n) is 4.59.